The molecule has 4 radical (unpaired) electrons. The summed E-state index contributed by atoms with van der Waals surface area (Å²) >= 11 is 3.02. The summed E-state index contributed by atoms with van der Waals surface area (Å²) in [7, 11) is 0. The van der Waals surface area contributed by atoms with Crippen LogP contribution in [-0.4, -0.2) is 70.8 Å². The molecule has 7 heterocycles. The first-order valence-electron chi connectivity index (χ1n) is 31.5. The summed E-state index contributed by atoms with van der Waals surface area (Å²) in [6.07, 6.45) is 19.4. The van der Waals surface area contributed by atoms with Gasteiger partial charge in [-0.1, -0.05) is 214 Å². The molecule has 0 atom stereocenters. The average molecular weight is 1830 g/mol. The first-order valence-corrected chi connectivity index (χ1v) is 32.9. The van der Waals surface area contributed by atoms with Gasteiger partial charge >= 0.3 is 16.6 Å². The zero-order chi connectivity index (χ0) is 64.2. The Morgan fingerprint density at radius 1 is 0.521 bits per heavy atom. The summed E-state index contributed by atoms with van der Waals surface area (Å²) in [5, 5.41) is 28.6. The number of thiazole rings is 1. The van der Waals surface area contributed by atoms with Crippen LogP contribution >= 0.6 is 11.3 Å². The second-order valence-electron chi connectivity index (χ2n) is 22.9. The van der Waals surface area contributed by atoms with E-state index in [0.717, 1.165) is 116 Å². The van der Waals surface area contributed by atoms with Crippen molar-refractivity contribution >= 4 is 39.4 Å². The molecule has 7 aromatic carbocycles. The number of rotatable bonds is 16. The van der Waals surface area contributed by atoms with Crippen molar-refractivity contribution in [2.24, 2.45) is 10.2 Å². The van der Waals surface area contributed by atoms with Crippen LogP contribution in [0.4, 0.5) is 0 Å². The molecular formula is C78H71AlIr3N12OS-3. The smallest absolute Gasteiger partial charge is 0.495 e. The molecule has 0 bridgehead atoms. The minimum absolute atomic E-state index is 0. The topological polar surface area (TPSA) is 123 Å². The molecule has 13 aromatic rings. The molecule has 488 valence electrons. The Labute approximate surface area is 615 Å². The molecule has 0 fully saturated rings. The van der Waals surface area contributed by atoms with Crippen LogP contribution in [0.1, 0.15) is 96.6 Å². The molecule has 6 aromatic heterocycles. The van der Waals surface area contributed by atoms with E-state index in [1.807, 2.05) is 94.5 Å². The number of aryl methyl sites for hydroxylation is 4. The fourth-order valence-corrected chi connectivity index (χ4v) is 12.8. The van der Waals surface area contributed by atoms with Crippen molar-refractivity contribution in [1.82, 2.24) is 48.7 Å². The second kappa shape index (κ2) is 33.5. The number of aromatic nitrogens is 10. The van der Waals surface area contributed by atoms with Gasteiger partial charge in [-0.05, 0) is 105 Å². The standard InChI is InChI=1S/C31H23N2.C27H22N3.C11H15N4.C9H11N3OS.Al.3Ir.H/c1-4-12-24(13-5-1)22-28-20-21-33(32-28)30-23-25-14-10-11-19-29(25)31(30,26-15-6-2-7-16-26)27-17-8-3-9-18-27;1-2-23-18-19-29(28-23)26-20-25(21-12-6-3-7-13-21)27(22-14-8-4-9-15-22)30(26)24-16-10-5-11-17-24;1-4-5-9-6-7-15(13-9)10-8-12-14-11(10,2)3;1-3-7-4-5-12(11-7)9-8(13)10-6(2)14-9;;;;;/h1-21H,22H2;3-19H,2H2,1H3;6-7H,4-5H2,1-3H3;4-5,13H,3H2,1-2H3;;;;;/q3*-1;;+1;;;;/p-1. The van der Waals surface area contributed by atoms with Crippen LogP contribution < -0.4 is 3.79 Å². The number of hydrogen-bond donors (Lipinski definition) is 0. The monoisotopic (exact) mass is 1830 g/mol. The van der Waals surface area contributed by atoms with Gasteiger partial charge in [0.25, 0.3) is 0 Å². The van der Waals surface area contributed by atoms with Crippen molar-refractivity contribution in [2.45, 2.75) is 84.6 Å². The fourth-order valence-electron chi connectivity index (χ4n) is 11.7. The largest absolute Gasteiger partial charge is 0.634 e. The maximum atomic E-state index is 5.23. The number of fused-ring (bicyclic) bond motifs is 1. The minimum atomic E-state index is -0.491. The summed E-state index contributed by atoms with van der Waals surface area (Å²) < 4.78 is 15.1. The van der Waals surface area contributed by atoms with Gasteiger partial charge in [0.1, 0.15) is 0 Å². The first kappa shape index (κ1) is 71.9. The third kappa shape index (κ3) is 15.9. The van der Waals surface area contributed by atoms with E-state index in [1.165, 1.54) is 38.9 Å². The molecule has 0 spiro atoms. The number of benzene rings is 7. The van der Waals surface area contributed by atoms with Crippen LogP contribution in [-0.2, 0) is 91.4 Å². The van der Waals surface area contributed by atoms with E-state index < -0.39 is 5.41 Å². The van der Waals surface area contributed by atoms with Crippen LogP contribution in [0.3, 0.4) is 0 Å². The molecule has 0 amide bonds. The molecule has 1 aliphatic heterocycles. The van der Waals surface area contributed by atoms with Crippen LogP contribution in [0.15, 0.2) is 266 Å². The number of hydrogen-bond acceptors (Lipinski definition) is 9. The van der Waals surface area contributed by atoms with Crippen LogP contribution in [0.2, 0.25) is 0 Å². The molecule has 15 rings (SSSR count). The predicted octanol–water partition coefficient (Wildman–Crippen LogP) is 16.9. The van der Waals surface area contributed by atoms with Gasteiger partial charge in [-0.15, -0.1) is 41.5 Å². The quantitative estimate of drug-likeness (QED) is 0.0701. The summed E-state index contributed by atoms with van der Waals surface area (Å²) in [6, 6.07) is 83.8. The van der Waals surface area contributed by atoms with Gasteiger partial charge in [-0.2, -0.15) is 43.7 Å². The van der Waals surface area contributed by atoms with Gasteiger partial charge < -0.3 is 19.7 Å². The summed E-state index contributed by atoms with van der Waals surface area (Å²) in [6.45, 7) is 12.3. The molecule has 18 heteroatoms. The van der Waals surface area contributed by atoms with Gasteiger partial charge in [-0.25, -0.2) is 19.5 Å². The Kier molecular flexibility index (Phi) is 25.1. The predicted molar refractivity (Wildman–Crippen MR) is 374 cm³/mol. The molecule has 96 heavy (non-hydrogen) atoms. The summed E-state index contributed by atoms with van der Waals surface area (Å²) in [4.78, 5) is 4.28. The normalized spacial score (nSPS) is 12.7. The molecule has 0 unspecified atom stereocenters. The third-order valence-corrected chi connectivity index (χ3v) is 17.4. The van der Waals surface area contributed by atoms with E-state index >= 15 is 0 Å². The van der Waals surface area contributed by atoms with Crippen molar-refractivity contribution in [1.29, 1.82) is 0 Å². The second-order valence-corrected chi connectivity index (χ2v) is 24.4. The molecule has 1 aliphatic carbocycles. The number of azo groups is 1. The van der Waals surface area contributed by atoms with Crippen LogP contribution in [0.5, 0.6) is 5.88 Å². The van der Waals surface area contributed by atoms with Gasteiger partial charge in [-0.3, -0.25) is 9.36 Å². The molecule has 13 nitrogen and oxygen atoms in total. The summed E-state index contributed by atoms with van der Waals surface area (Å²) in [5.41, 5.74) is 17.0. The molecular weight excluding hydrogens is 1760 g/mol. The van der Waals surface area contributed by atoms with E-state index in [1.54, 1.807) is 11.3 Å². The maximum Gasteiger partial charge on any atom is 0.495 e. The zero-order valence-corrected chi connectivity index (χ0v) is 63.6. The fraction of sp³-hybridized carbons (Fsp3) is 0.167. The van der Waals surface area contributed by atoms with Gasteiger partial charge in [0.2, 0.25) is 5.88 Å². The SMILES string of the molecule is CCCc1ccn(C2=[C-]N=NC2(C)C)n1.CCc1ccn(-c2[c-]c(-c3ccccc3)c(-c3ccccc3)n2-c2ccccc2)n1.CCc1ccn(-c2sc(C)nc2[O][AlH])n1.[C-]1=C(n2ccc(Cc3ccccc3)n2)C(c2ccccc2)(c2ccccc2)c2ccccc21.[Ir].[Ir].[Ir]. The molecule has 0 saturated carbocycles. The Morgan fingerprint density at radius 2 is 1.01 bits per heavy atom. The van der Waals surface area contributed by atoms with Crippen LogP contribution in [0, 0.1) is 25.3 Å². The Balaban J connectivity index is 0.000000157. The van der Waals surface area contributed by atoms with E-state index in [0.29, 0.717) is 5.88 Å². The molecule has 0 N–H and O–H groups in total. The van der Waals surface area contributed by atoms with Gasteiger partial charge in [0, 0.05) is 103 Å². The van der Waals surface area contributed by atoms with Crippen molar-refractivity contribution in [3.8, 4) is 44.8 Å². The van der Waals surface area contributed by atoms with Crippen molar-refractivity contribution < 1.29 is 64.1 Å². The number of allylic oxidation sites excluding steroid dienone is 1. The van der Waals surface area contributed by atoms with Crippen LogP contribution in [0.25, 0.3) is 50.3 Å². The first-order chi connectivity index (χ1) is 45.6. The Bertz CT molecular complexity index is 4630. The Hall–Kier alpha value is -8.35. The Morgan fingerprint density at radius 3 is 1.58 bits per heavy atom. The van der Waals surface area contributed by atoms with E-state index in [2.05, 4.69) is 269 Å². The minimum Gasteiger partial charge on any atom is -0.634 e. The molecule has 0 saturated heterocycles. The molecule has 2 aliphatic rings. The van der Waals surface area contributed by atoms with Crippen molar-refractivity contribution in [3.05, 3.63) is 329 Å². The van der Waals surface area contributed by atoms with Gasteiger partial charge in [0.05, 0.1) is 39.1 Å². The number of para-hydroxylation sites is 1. The van der Waals surface area contributed by atoms with E-state index in [4.69, 9.17) is 14.0 Å². The third-order valence-electron chi connectivity index (χ3n) is 16.2. The van der Waals surface area contributed by atoms with Crippen molar-refractivity contribution in [2.75, 3.05) is 0 Å². The number of nitrogens with zero attached hydrogens (tertiary/aromatic N) is 12. The van der Waals surface area contributed by atoms with E-state index in [-0.39, 0.29) is 65.9 Å². The average Bonchev–Trinajstić information content (AvgIpc) is 1.51. The van der Waals surface area contributed by atoms with E-state index in [9.17, 15) is 0 Å². The maximum absolute atomic E-state index is 5.23. The van der Waals surface area contributed by atoms with Gasteiger partial charge in [0.15, 0.2) is 5.00 Å². The zero-order valence-electron chi connectivity index (χ0n) is 54.2. The van der Waals surface area contributed by atoms with Crippen molar-refractivity contribution in [3.63, 3.8) is 0 Å². The summed E-state index contributed by atoms with van der Waals surface area (Å²) in [5.74, 6) is 1.56.